The van der Waals surface area contributed by atoms with E-state index < -0.39 is 0 Å². The summed E-state index contributed by atoms with van der Waals surface area (Å²) in [6.07, 6.45) is 1.65. The van der Waals surface area contributed by atoms with Crippen molar-refractivity contribution in [1.82, 2.24) is 9.97 Å². The van der Waals surface area contributed by atoms with Gasteiger partial charge in [-0.2, -0.15) is 0 Å². The molecule has 6 nitrogen and oxygen atoms in total. The van der Waals surface area contributed by atoms with E-state index in [1.54, 1.807) is 12.3 Å². The molecule has 0 unspecified atom stereocenters. The van der Waals surface area contributed by atoms with Gasteiger partial charge in [0.1, 0.15) is 17.4 Å². The van der Waals surface area contributed by atoms with E-state index in [2.05, 4.69) is 34.2 Å². The fraction of sp³-hybridized carbons (Fsp3) is 0. The normalized spacial score (nSPS) is 9.73. The number of benzene rings is 2. The molecular weight excluding hydrogens is 443 g/mol. The van der Waals surface area contributed by atoms with E-state index in [1.807, 2.05) is 30.3 Å². The lowest BCUT2D eigenvalue weighted by molar-refractivity contribution is 1.25. The molecule has 0 saturated heterocycles. The van der Waals surface area contributed by atoms with Crippen molar-refractivity contribution in [3.8, 4) is 22.4 Å². The summed E-state index contributed by atoms with van der Waals surface area (Å²) in [6.45, 7) is 0. The fourth-order valence-electron chi connectivity index (χ4n) is 3.05. The number of nitrogens with two attached hydrogens (primary N) is 2. The van der Waals surface area contributed by atoms with Crippen LogP contribution in [-0.2, 0) is 0 Å². The lowest BCUT2D eigenvalue weighted by Gasteiger charge is -2.04. The first-order valence-electron chi connectivity index (χ1n) is 8.40. The molecule has 9 heteroatoms. The van der Waals surface area contributed by atoms with Gasteiger partial charge in [-0.25, -0.2) is 0 Å². The summed E-state index contributed by atoms with van der Waals surface area (Å²) in [4.78, 5) is 7.53. The number of aromatic amines is 1. The van der Waals surface area contributed by atoms with Gasteiger partial charge in [-0.1, -0.05) is 36.4 Å². The molecule has 0 radical (unpaired) electrons. The number of pyridine rings is 1. The van der Waals surface area contributed by atoms with Crippen molar-refractivity contribution in [1.29, 1.82) is 10.8 Å². The van der Waals surface area contributed by atoms with Crippen LogP contribution in [0, 0.1) is 10.8 Å². The number of rotatable bonds is 4. The Hall–Kier alpha value is -3.06. The second-order valence-corrected chi connectivity index (χ2v) is 6.32. The highest BCUT2D eigenvalue weighted by Gasteiger charge is 2.08. The Bertz CT molecular complexity index is 1190. The van der Waals surface area contributed by atoms with Gasteiger partial charge in [0.15, 0.2) is 0 Å². The van der Waals surface area contributed by atoms with Crippen molar-refractivity contribution in [3.63, 3.8) is 0 Å². The van der Waals surface area contributed by atoms with Crippen molar-refractivity contribution >= 4 is 59.8 Å². The number of fused-ring (bicyclic) bond motifs is 1. The topological polar surface area (TPSA) is 128 Å². The number of nitrogens with zero attached hydrogens (tertiary/aromatic N) is 1. The molecule has 30 heavy (non-hydrogen) atoms. The molecule has 7 N–H and O–H groups in total. The summed E-state index contributed by atoms with van der Waals surface area (Å²) < 4.78 is 0. The first kappa shape index (κ1) is 25.0. The summed E-state index contributed by atoms with van der Waals surface area (Å²) in [5.74, 6) is 0.0116. The number of aromatic nitrogens is 2. The molecule has 0 amide bonds. The molecule has 0 aliphatic carbocycles. The SMILES string of the molecule is Cl.Cl.Cl.N=C(N)c1ccc(-c2ccc3cc(-c4ccnc(C(=N)N)c4)[nH]c3c2)cc1. The maximum atomic E-state index is 7.55. The molecule has 2 heterocycles. The van der Waals surface area contributed by atoms with Crippen LogP contribution in [0.1, 0.15) is 11.3 Å². The molecule has 4 rings (SSSR count). The zero-order chi connectivity index (χ0) is 19.0. The van der Waals surface area contributed by atoms with Crippen LogP contribution >= 0.6 is 37.2 Å². The van der Waals surface area contributed by atoms with Crippen molar-refractivity contribution in [2.75, 3.05) is 0 Å². The van der Waals surface area contributed by atoms with E-state index in [0.717, 1.165) is 33.3 Å². The van der Waals surface area contributed by atoms with Gasteiger partial charge < -0.3 is 16.5 Å². The van der Waals surface area contributed by atoms with Gasteiger partial charge in [0.05, 0.1) is 0 Å². The van der Waals surface area contributed by atoms with Crippen LogP contribution in [0.2, 0.25) is 0 Å². The predicted octanol–water partition coefficient (Wildman–Crippen LogP) is 4.73. The Morgan fingerprint density at radius 1 is 0.733 bits per heavy atom. The van der Waals surface area contributed by atoms with Crippen molar-refractivity contribution in [2.24, 2.45) is 11.5 Å². The third kappa shape index (κ3) is 4.91. The van der Waals surface area contributed by atoms with Crippen molar-refractivity contribution in [2.45, 2.75) is 0 Å². The summed E-state index contributed by atoms with van der Waals surface area (Å²) in [5.41, 5.74) is 17.2. The zero-order valence-corrected chi connectivity index (χ0v) is 18.1. The van der Waals surface area contributed by atoms with Crippen LogP contribution in [-0.4, -0.2) is 21.6 Å². The minimum atomic E-state index is -0.0516. The minimum Gasteiger partial charge on any atom is -0.384 e. The van der Waals surface area contributed by atoms with Crippen LogP contribution in [0.4, 0.5) is 0 Å². The monoisotopic (exact) mass is 462 g/mol. The van der Waals surface area contributed by atoms with Crippen LogP contribution in [0.15, 0.2) is 66.9 Å². The van der Waals surface area contributed by atoms with Gasteiger partial charge in [0, 0.05) is 33.9 Å². The molecule has 0 bridgehead atoms. The summed E-state index contributed by atoms with van der Waals surface area (Å²) in [6, 6.07) is 19.6. The number of nitrogens with one attached hydrogen (secondary N) is 3. The van der Waals surface area contributed by atoms with Gasteiger partial charge in [-0.15, -0.1) is 37.2 Å². The molecule has 0 fully saturated rings. The lowest BCUT2D eigenvalue weighted by Crippen LogP contribution is -2.12. The van der Waals surface area contributed by atoms with Gasteiger partial charge >= 0.3 is 0 Å². The Morgan fingerprint density at radius 3 is 2.03 bits per heavy atom. The van der Waals surface area contributed by atoms with Gasteiger partial charge in [0.25, 0.3) is 0 Å². The number of halogens is 3. The largest absolute Gasteiger partial charge is 0.384 e. The molecule has 156 valence electrons. The van der Waals surface area contributed by atoms with Crippen LogP contribution < -0.4 is 11.5 Å². The number of nitrogen functional groups attached to an aromatic ring is 2. The third-order valence-electron chi connectivity index (χ3n) is 4.50. The Labute approximate surface area is 192 Å². The summed E-state index contributed by atoms with van der Waals surface area (Å²) in [7, 11) is 0. The lowest BCUT2D eigenvalue weighted by atomic mass is 10.0. The van der Waals surface area contributed by atoms with E-state index in [4.69, 9.17) is 22.3 Å². The van der Waals surface area contributed by atoms with Crippen LogP contribution in [0.3, 0.4) is 0 Å². The first-order chi connectivity index (χ1) is 13.0. The molecule has 0 atom stereocenters. The highest BCUT2D eigenvalue weighted by atomic mass is 35.5. The van der Waals surface area contributed by atoms with Gasteiger partial charge in [0.2, 0.25) is 0 Å². The Balaban J connectivity index is 0.00000150. The maximum absolute atomic E-state index is 7.55. The number of amidine groups is 2. The van der Waals surface area contributed by atoms with E-state index in [9.17, 15) is 0 Å². The smallest absolute Gasteiger partial charge is 0.141 e. The Kier molecular flexibility index (Phi) is 8.42. The fourth-order valence-corrected chi connectivity index (χ4v) is 3.05. The summed E-state index contributed by atoms with van der Waals surface area (Å²) >= 11 is 0. The van der Waals surface area contributed by atoms with Crippen LogP contribution in [0.25, 0.3) is 33.3 Å². The number of hydrogen-bond acceptors (Lipinski definition) is 3. The molecule has 0 saturated carbocycles. The van der Waals surface area contributed by atoms with E-state index in [-0.39, 0.29) is 48.9 Å². The second-order valence-electron chi connectivity index (χ2n) is 6.32. The van der Waals surface area contributed by atoms with Crippen LogP contribution in [0.5, 0.6) is 0 Å². The van der Waals surface area contributed by atoms with Gasteiger partial charge in [-0.3, -0.25) is 15.8 Å². The average molecular weight is 464 g/mol. The van der Waals surface area contributed by atoms with Crippen molar-refractivity contribution in [3.05, 3.63) is 78.1 Å². The number of hydrogen-bond donors (Lipinski definition) is 5. The molecule has 2 aromatic carbocycles. The summed E-state index contributed by atoms with van der Waals surface area (Å²) in [5, 5.41) is 16.1. The molecule has 4 aromatic rings. The standard InChI is InChI=1S/C21H18N6.3ClH/c22-20(23)13-3-1-12(2-4-13)14-5-6-15-10-18(27-17(15)9-14)16-7-8-26-19(11-16)21(24)25;;;/h1-11,27H,(H3,22,23)(H3,24,25);3*1H. The number of H-pyrrole nitrogens is 1. The van der Waals surface area contributed by atoms with E-state index in [0.29, 0.717) is 11.3 Å². The molecule has 0 spiro atoms. The average Bonchev–Trinajstić information content (AvgIpc) is 3.11. The second kappa shape index (κ2) is 10.1. The maximum Gasteiger partial charge on any atom is 0.141 e. The van der Waals surface area contributed by atoms with E-state index in [1.165, 1.54) is 0 Å². The van der Waals surface area contributed by atoms with Crippen molar-refractivity contribution < 1.29 is 0 Å². The molecule has 0 aliphatic rings. The van der Waals surface area contributed by atoms with Gasteiger partial charge in [-0.05, 0) is 35.4 Å². The highest BCUT2D eigenvalue weighted by molar-refractivity contribution is 5.96. The quantitative estimate of drug-likeness (QED) is 0.221. The molecular formula is C21H21Cl3N6. The highest BCUT2D eigenvalue weighted by Crippen LogP contribution is 2.28. The Morgan fingerprint density at radius 2 is 1.40 bits per heavy atom. The minimum absolute atomic E-state index is 0. The van der Waals surface area contributed by atoms with E-state index >= 15 is 0 Å². The predicted molar refractivity (Wildman–Crippen MR) is 131 cm³/mol. The third-order valence-corrected chi connectivity index (χ3v) is 4.50. The molecule has 0 aliphatic heterocycles. The molecule has 2 aromatic heterocycles. The zero-order valence-electron chi connectivity index (χ0n) is 15.7. The first-order valence-corrected chi connectivity index (χ1v) is 8.40.